The lowest BCUT2D eigenvalue weighted by molar-refractivity contribution is 0.0455. The van der Waals surface area contributed by atoms with Crippen molar-refractivity contribution >= 4 is 35.0 Å². The SMILES string of the molecule is NC(=O)c1cc(N)cc(Cl)c1SC1COC1. The molecule has 0 bridgehead atoms. The molecular formula is C10H11ClN2O2S. The number of ether oxygens (including phenoxy) is 1. The third-order valence-corrected chi connectivity index (χ3v) is 3.91. The molecule has 1 amide bonds. The monoisotopic (exact) mass is 258 g/mol. The highest BCUT2D eigenvalue weighted by Gasteiger charge is 2.23. The molecule has 6 heteroatoms. The van der Waals surface area contributed by atoms with Crippen molar-refractivity contribution in [1.82, 2.24) is 0 Å². The summed E-state index contributed by atoms with van der Waals surface area (Å²) in [7, 11) is 0. The maximum atomic E-state index is 11.3. The highest BCUT2D eigenvalue weighted by Crippen LogP contribution is 2.37. The number of nitrogens with two attached hydrogens (primary N) is 2. The summed E-state index contributed by atoms with van der Waals surface area (Å²) >= 11 is 7.56. The van der Waals surface area contributed by atoms with Gasteiger partial charge in [0.1, 0.15) is 0 Å². The summed E-state index contributed by atoms with van der Waals surface area (Å²) in [5.41, 5.74) is 11.7. The summed E-state index contributed by atoms with van der Waals surface area (Å²) in [6.45, 7) is 1.34. The molecule has 0 atom stereocenters. The highest BCUT2D eigenvalue weighted by atomic mass is 35.5. The first kappa shape index (κ1) is 11.6. The maximum absolute atomic E-state index is 11.3. The predicted molar refractivity (Wildman–Crippen MR) is 64.8 cm³/mol. The van der Waals surface area contributed by atoms with E-state index in [4.69, 9.17) is 27.8 Å². The first-order chi connectivity index (χ1) is 7.58. The van der Waals surface area contributed by atoms with Crippen LogP contribution < -0.4 is 11.5 Å². The fraction of sp³-hybridized carbons (Fsp3) is 0.300. The molecular weight excluding hydrogens is 248 g/mol. The van der Waals surface area contributed by atoms with Crippen LogP contribution in [0.1, 0.15) is 10.4 Å². The largest absolute Gasteiger partial charge is 0.399 e. The molecule has 1 heterocycles. The fourth-order valence-corrected chi connectivity index (χ4v) is 2.85. The second-order valence-electron chi connectivity index (χ2n) is 3.52. The van der Waals surface area contributed by atoms with Crippen molar-refractivity contribution in [2.45, 2.75) is 10.1 Å². The van der Waals surface area contributed by atoms with Crippen LogP contribution in [0.4, 0.5) is 5.69 Å². The van der Waals surface area contributed by atoms with Crippen LogP contribution in [0.2, 0.25) is 5.02 Å². The molecule has 2 rings (SSSR count). The number of thioether (sulfide) groups is 1. The fourth-order valence-electron chi connectivity index (χ4n) is 1.37. The molecule has 1 aliphatic heterocycles. The van der Waals surface area contributed by atoms with Crippen molar-refractivity contribution in [1.29, 1.82) is 0 Å². The van der Waals surface area contributed by atoms with Crippen LogP contribution in [-0.2, 0) is 4.74 Å². The van der Waals surface area contributed by atoms with Crippen molar-refractivity contribution < 1.29 is 9.53 Å². The smallest absolute Gasteiger partial charge is 0.249 e. The first-order valence-electron chi connectivity index (χ1n) is 4.71. The first-order valence-corrected chi connectivity index (χ1v) is 5.97. The number of amides is 1. The Hall–Kier alpha value is -0.910. The number of benzene rings is 1. The number of carbonyl (C=O) groups excluding carboxylic acids is 1. The van der Waals surface area contributed by atoms with Gasteiger partial charge in [-0.25, -0.2) is 0 Å². The quantitative estimate of drug-likeness (QED) is 0.806. The third-order valence-electron chi connectivity index (χ3n) is 2.22. The molecule has 4 N–H and O–H groups in total. The zero-order chi connectivity index (χ0) is 11.7. The Morgan fingerprint density at radius 2 is 2.19 bits per heavy atom. The van der Waals surface area contributed by atoms with E-state index < -0.39 is 5.91 Å². The molecule has 0 spiro atoms. The van der Waals surface area contributed by atoms with Gasteiger partial charge in [-0.15, -0.1) is 11.8 Å². The zero-order valence-electron chi connectivity index (χ0n) is 8.40. The van der Waals surface area contributed by atoms with Crippen molar-refractivity contribution in [2.24, 2.45) is 5.73 Å². The Bertz CT molecular complexity index is 435. The van der Waals surface area contributed by atoms with E-state index in [1.54, 1.807) is 12.1 Å². The zero-order valence-corrected chi connectivity index (χ0v) is 9.98. The molecule has 4 nitrogen and oxygen atoms in total. The van der Waals surface area contributed by atoms with Crippen LogP contribution in [-0.4, -0.2) is 24.4 Å². The molecule has 1 saturated heterocycles. The molecule has 1 aromatic carbocycles. The molecule has 0 aliphatic carbocycles. The summed E-state index contributed by atoms with van der Waals surface area (Å²) in [6, 6.07) is 3.17. The van der Waals surface area contributed by atoms with Gasteiger partial charge < -0.3 is 16.2 Å². The average Bonchev–Trinajstić information content (AvgIpc) is 2.12. The molecule has 1 aromatic rings. The Morgan fingerprint density at radius 1 is 1.50 bits per heavy atom. The van der Waals surface area contributed by atoms with Gasteiger partial charge in [0, 0.05) is 10.6 Å². The van der Waals surface area contributed by atoms with Crippen LogP contribution in [0.3, 0.4) is 0 Å². The Labute approximate surface area is 102 Å². The molecule has 16 heavy (non-hydrogen) atoms. The number of halogens is 1. The van der Waals surface area contributed by atoms with Crippen LogP contribution >= 0.6 is 23.4 Å². The van der Waals surface area contributed by atoms with E-state index in [2.05, 4.69) is 0 Å². The minimum atomic E-state index is -0.517. The van der Waals surface area contributed by atoms with Gasteiger partial charge in [0.15, 0.2) is 0 Å². The molecule has 0 radical (unpaired) electrons. The van der Waals surface area contributed by atoms with Gasteiger partial charge in [0.25, 0.3) is 0 Å². The summed E-state index contributed by atoms with van der Waals surface area (Å²) in [4.78, 5) is 12.0. The van der Waals surface area contributed by atoms with Crippen LogP contribution in [0.5, 0.6) is 0 Å². The lowest BCUT2D eigenvalue weighted by Crippen LogP contribution is -2.30. The van der Waals surface area contributed by atoms with Crippen LogP contribution in [0, 0.1) is 0 Å². The van der Waals surface area contributed by atoms with Gasteiger partial charge >= 0.3 is 0 Å². The molecule has 0 aromatic heterocycles. The van der Waals surface area contributed by atoms with E-state index >= 15 is 0 Å². The molecule has 0 unspecified atom stereocenters. The number of hydrogen-bond donors (Lipinski definition) is 2. The summed E-state index contributed by atoms with van der Waals surface area (Å²) < 4.78 is 5.07. The predicted octanol–water partition coefficient (Wildman–Crippen LogP) is 1.51. The van der Waals surface area contributed by atoms with E-state index in [-0.39, 0.29) is 0 Å². The second-order valence-corrected chi connectivity index (χ2v) is 5.24. The van der Waals surface area contributed by atoms with Gasteiger partial charge in [0.2, 0.25) is 5.91 Å². The van der Waals surface area contributed by atoms with E-state index in [1.165, 1.54) is 11.8 Å². The highest BCUT2D eigenvalue weighted by molar-refractivity contribution is 8.00. The van der Waals surface area contributed by atoms with E-state index in [1.807, 2.05) is 0 Å². The number of hydrogen-bond acceptors (Lipinski definition) is 4. The molecule has 1 aliphatic rings. The van der Waals surface area contributed by atoms with Gasteiger partial charge in [0.05, 0.1) is 29.0 Å². The van der Waals surface area contributed by atoms with Crippen molar-refractivity contribution in [2.75, 3.05) is 18.9 Å². The summed E-state index contributed by atoms with van der Waals surface area (Å²) in [6.07, 6.45) is 0. The summed E-state index contributed by atoms with van der Waals surface area (Å²) in [5, 5.41) is 0.796. The Kier molecular flexibility index (Phi) is 3.28. The van der Waals surface area contributed by atoms with Gasteiger partial charge in [-0.3, -0.25) is 4.79 Å². The van der Waals surface area contributed by atoms with Crippen molar-refractivity contribution in [3.05, 3.63) is 22.7 Å². The van der Waals surface area contributed by atoms with E-state index in [9.17, 15) is 4.79 Å². The number of anilines is 1. The number of primary amides is 1. The Morgan fingerprint density at radius 3 is 2.69 bits per heavy atom. The second kappa shape index (κ2) is 4.53. The van der Waals surface area contributed by atoms with E-state index in [0.29, 0.717) is 39.6 Å². The number of carbonyl (C=O) groups is 1. The van der Waals surface area contributed by atoms with Crippen molar-refractivity contribution in [3.8, 4) is 0 Å². The topological polar surface area (TPSA) is 78.3 Å². The van der Waals surface area contributed by atoms with Crippen LogP contribution in [0.25, 0.3) is 0 Å². The average molecular weight is 259 g/mol. The lowest BCUT2D eigenvalue weighted by atomic mass is 10.2. The minimum Gasteiger partial charge on any atom is -0.399 e. The van der Waals surface area contributed by atoms with Crippen LogP contribution in [0.15, 0.2) is 17.0 Å². The lowest BCUT2D eigenvalue weighted by Gasteiger charge is -2.26. The molecule has 1 fully saturated rings. The Balaban J connectivity index is 2.35. The molecule has 0 saturated carbocycles. The number of rotatable bonds is 3. The van der Waals surface area contributed by atoms with Gasteiger partial charge in [-0.2, -0.15) is 0 Å². The number of nitrogen functional groups attached to an aromatic ring is 1. The van der Waals surface area contributed by atoms with Gasteiger partial charge in [-0.1, -0.05) is 11.6 Å². The minimum absolute atomic E-state index is 0.333. The summed E-state index contributed by atoms with van der Waals surface area (Å²) in [5.74, 6) is -0.517. The molecule has 86 valence electrons. The van der Waals surface area contributed by atoms with E-state index in [0.717, 1.165) is 0 Å². The van der Waals surface area contributed by atoms with Crippen molar-refractivity contribution in [3.63, 3.8) is 0 Å². The standard InChI is InChI=1S/C10H11ClN2O2S/c11-8-2-5(12)1-7(10(13)14)9(8)16-6-3-15-4-6/h1-2,6H,3-4,12H2,(H2,13,14). The maximum Gasteiger partial charge on any atom is 0.249 e. The van der Waals surface area contributed by atoms with Gasteiger partial charge in [-0.05, 0) is 12.1 Å². The normalized spacial score (nSPS) is 15.8. The third kappa shape index (κ3) is 2.26.